The summed E-state index contributed by atoms with van der Waals surface area (Å²) in [5.74, 6) is -1.41. The highest BCUT2D eigenvalue weighted by Gasteiger charge is 2.17. The zero-order valence-corrected chi connectivity index (χ0v) is 12.5. The Morgan fingerprint density at radius 2 is 1.84 bits per heavy atom. The topological polar surface area (TPSA) is 75.6 Å². The second-order valence-corrected chi connectivity index (χ2v) is 5.15. The fourth-order valence-electron chi connectivity index (χ4n) is 1.46. The molecule has 0 aliphatic carbocycles. The zero-order chi connectivity index (χ0) is 14.6. The van der Waals surface area contributed by atoms with Gasteiger partial charge >= 0.3 is 5.97 Å². The van der Waals surface area contributed by atoms with E-state index in [9.17, 15) is 9.59 Å². The Labute approximate surface area is 120 Å². The monoisotopic (exact) mass is 329 g/mol. The molecule has 0 saturated heterocycles. The van der Waals surface area contributed by atoms with E-state index in [1.165, 1.54) is 12.1 Å². The molecule has 0 heterocycles. The summed E-state index contributed by atoms with van der Waals surface area (Å²) in [5, 5.41) is 11.7. The highest BCUT2D eigenvalue weighted by atomic mass is 79.9. The first-order chi connectivity index (χ1) is 8.85. The molecule has 0 spiro atoms. The molecule has 0 aliphatic rings. The standard InChI is InChI=1S/C13H16BrNO4/c1-7(8(2)19-3)15-12(16)9-4-10(13(17)18)6-11(14)5-9/h4-8H,1-3H3,(H,15,16)(H,17,18)/t7-,8?/m0/s1. The number of carbonyl (C=O) groups is 2. The number of halogens is 1. The minimum absolute atomic E-state index is 0.0620. The summed E-state index contributed by atoms with van der Waals surface area (Å²) in [7, 11) is 1.56. The predicted molar refractivity (Wildman–Crippen MR) is 74.5 cm³/mol. The van der Waals surface area contributed by atoms with E-state index in [1.54, 1.807) is 13.2 Å². The summed E-state index contributed by atoms with van der Waals surface area (Å²) >= 11 is 3.19. The number of aromatic carboxylic acids is 1. The van der Waals surface area contributed by atoms with Gasteiger partial charge in [0.05, 0.1) is 17.7 Å². The largest absolute Gasteiger partial charge is 0.478 e. The molecule has 1 rings (SSSR count). The maximum atomic E-state index is 12.0. The quantitative estimate of drug-likeness (QED) is 0.869. The van der Waals surface area contributed by atoms with Gasteiger partial charge in [0.1, 0.15) is 0 Å². The van der Waals surface area contributed by atoms with E-state index in [0.29, 0.717) is 10.0 Å². The lowest BCUT2D eigenvalue weighted by molar-refractivity contribution is 0.0696. The summed E-state index contributed by atoms with van der Waals surface area (Å²) in [6, 6.07) is 4.18. The summed E-state index contributed by atoms with van der Waals surface area (Å²) in [5.41, 5.74) is 0.355. The molecule has 1 amide bonds. The SMILES string of the molecule is COC(C)[C@H](C)NC(=O)c1cc(Br)cc(C(=O)O)c1. The Morgan fingerprint density at radius 1 is 1.26 bits per heavy atom. The fourth-order valence-corrected chi connectivity index (χ4v) is 1.95. The first kappa shape index (κ1) is 15.7. The van der Waals surface area contributed by atoms with Crippen molar-refractivity contribution in [3.05, 3.63) is 33.8 Å². The summed E-state index contributed by atoms with van der Waals surface area (Å²) in [4.78, 5) is 23.0. The second-order valence-electron chi connectivity index (χ2n) is 4.24. The van der Waals surface area contributed by atoms with Gasteiger partial charge in [0.25, 0.3) is 5.91 Å². The van der Waals surface area contributed by atoms with Crippen molar-refractivity contribution in [3.63, 3.8) is 0 Å². The minimum Gasteiger partial charge on any atom is -0.478 e. The molecule has 1 aromatic rings. The van der Waals surface area contributed by atoms with Crippen LogP contribution in [0, 0.1) is 0 Å². The number of hydrogen-bond donors (Lipinski definition) is 2. The Kier molecular flexibility index (Phi) is 5.50. The van der Waals surface area contributed by atoms with Crippen molar-refractivity contribution in [3.8, 4) is 0 Å². The molecule has 0 radical (unpaired) electrons. The zero-order valence-electron chi connectivity index (χ0n) is 10.9. The van der Waals surface area contributed by atoms with Crippen LogP contribution < -0.4 is 5.32 Å². The van der Waals surface area contributed by atoms with Crippen LogP contribution in [0.3, 0.4) is 0 Å². The lowest BCUT2D eigenvalue weighted by atomic mass is 10.1. The van der Waals surface area contributed by atoms with Crippen molar-refractivity contribution in [2.75, 3.05) is 7.11 Å². The second kappa shape index (κ2) is 6.68. The third kappa shape index (κ3) is 4.33. The van der Waals surface area contributed by atoms with E-state index < -0.39 is 5.97 Å². The van der Waals surface area contributed by atoms with Crippen LogP contribution in [0.25, 0.3) is 0 Å². The van der Waals surface area contributed by atoms with Gasteiger partial charge in [0.15, 0.2) is 0 Å². The number of carbonyl (C=O) groups excluding carboxylic acids is 1. The molecule has 0 bridgehead atoms. The van der Waals surface area contributed by atoms with Gasteiger partial charge in [-0.05, 0) is 32.0 Å². The molecule has 6 heteroatoms. The van der Waals surface area contributed by atoms with Gasteiger partial charge < -0.3 is 15.2 Å². The Balaban J connectivity index is 2.91. The maximum absolute atomic E-state index is 12.0. The molecule has 2 N–H and O–H groups in total. The van der Waals surface area contributed by atoms with E-state index in [2.05, 4.69) is 21.2 Å². The normalized spacial score (nSPS) is 13.7. The van der Waals surface area contributed by atoms with Gasteiger partial charge in [-0.25, -0.2) is 4.79 Å². The number of methoxy groups -OCH3 is 1. The van der Waals surface area contributed by atoms with Crippen molar-refractivity contribution in [1.82, 2.24) is 5.32 Å². The molecule has 1 unspecified atom stereocenters. The van der Waals surface area contributed by atoms with E-state index >= 15 is 0 Å². The molecule has 0 aromatic heterocycles. The molecule has 2 atom stereocenters. The maximum Gasteiger partial charge on any atom is 0.335 e. The lowest BCUT2D eigenvalue weighted by Gasteiger charge is -2.20. The van der Waals surface area contributed by atoms with Crippen LogP contribution in [0.2, 0.25) is 0 Å². The van der Waals surface area contributed by atoms with Gasteiger partial charge in [-0.15, -0.1) is 0 Å². The predicted octanol–water partition coefficient (Wildman–Crippen LogP) is 2.30. The minimum atomic E-state index is -1.08. The van der Waals surface area contributed by atoms with E-state index in [1.807, 2.05) is 13.8 Å². The van der Waals surface area contributed by atoms with Gasteiger partial charge in [0, 0.05) is 17.1 Å². The van der Waals surface area contributed by atoms with Crippen molar-refractivity contribution >= 4 is 27.8 Å². The number of carboxylic acids is 1. The highest BCUT2D eigenvalue weighted by Crippen LogP contribution is 2.16. The van der Waals surface area contributed by atoms with Crippen LogP contribution in [0.5, 0.6) is 0 Å². The van der Waals surface area contributed by atoms with E-state index in [-0.39, 0.29) is 23.6 Å². The molecule has 19 heavy (non-hydrogen) atoms. The number of carboxylic acid groups (broad SMARTS) is 1. The van der Waals surface area contributed by atoms with Crippen molar-refractivity contribution in [1.29, 1.82) is 0 Å². The van der Waals surface area contributed by atoms with Crippen LogP contribution >= 0.6 is 15.9 Å². The molecule has 1 aromatic carbocycles. The van der Waals surface area contributed by atoms with Crippen molar-refractivity contribution in [2.24, 2.45) is 0 Å². The van der Waals surface area contributed by atoms with Crippen LogP contribution in [0.1, 0.15) is 34.6 Å². The Morgan fingerprint density at radius 3 is 2.37 bits per heavy atom. The third-order valence-corrected chi connectivity index (χ3v) is 3.30. The average Bonchev–Trinajstić information content (AvgIpc) is 2.36. The summed E-state index contributed by atoms with van der Waals surface area (Å²) in [6.07, 6.45) is -0.130. The molecule has 0 saturated carbocycles. The van der Waals surface area contributed by atoms with Crippen LogP contribution in [-0.2, 0) is 4.74 Å². The van der Waals surface area contributed by atoms with Crippen molar-refractivity contribution in [2.45, 2.75) is 26.0 Å². The number of nitrogens with one attached hydrogen (secondary N) is 1. The highest BCUT2D eigenvalue weighted by molar-refractivity contribution is 9.10. The van der Waals surface area contributed by atoms with Gasteiger partial charge in [-0.3, -0.25) is 4.79 Å². The number of ether oxygens (including phenoxy) is 1. The summed E-state index contributed by atoms with van der Waals surface area (Å²) < 4.78 is 5.66. The molecule has 104 valence electrons. The van der Waals surface area contributed by atoms with Gasteiger partial charge in [-0.2, -0.15) is 0 Å². The number of benzene rings is 1. The van der Waals surface area contributed by atoms with E-state index in [0.717, 1.165) is 0 Å². The van der Waals surface area contributed by atoms with Crippen LogP contribution in [0.4, 0.5) is 0 Å². The molecule has 5 nitrogen and oxygen atoms in total. The smallest absolute Gasteiger partial charge is 0.335 e. The third-order valence-electron chi connectivity index (χ3n) is 2.84. The lowest BCUT2D eigenvalue weighted by Crippen LogP contribution is -2.40. The van der Waals surface area contributed by atoms with E-state index in [4.69, 9.17) is 9.84 Å². The number of hydrogen-bond acceptors (Lipinski definition) is 3. The first-order valence-electron chi connectivity index (χ1n) is 5.72. The molecular weight excluding hydrogens is 314 g/mol. The van der Waals surface area contributed by atoms with Crippen LogP contribution in [0.15, 0.2) is 22.7 Å². The Hall–Kier alpha value is -1.40. The summed E-state index contributed by atoms with van der Waals surface area (Å²) in [6.45, 7) is 3.66. The Bertz CT molecular complexity index is 490. The fraction of sp³-hybridized carbons (Fsp3) is 0.385. The van der Waals surface area contributed by atoms with Crippen molar-refractivity contribution < 1.29 is 19.4 Å². The molecular formula is C13H16BrNO4. The number of rotatable bonds is 5. The average molecular weight is 330 g/mol. The number of amides is 1. The molecule has 0 fully saturated rings. The van der Waals surface area contributed by atoms with Gasteiger partial charge in [0.2, 0.25) is 0 Å². The first-order valence-corrected chi connectivity index (χ1v) is 6.52. The van der Waals surface area contributed by atoms with Crippen LogP contribution in [-0.4, -0.2) is 36.2 Å². The molecule has 0 aliphatic heterocycles. The van der Waals surface area contributed by atoms with Gasteiger partial charge in [-0.1, -0.05) is 15.9 Å².